The maximum Gasteiger partial charge on any atom is 0.231 e. The Morgan fingerprint density at radius 3 is 3.00 bits per heavy atom. The van der Waals surface area contributed by atoms with Gasteiger partial charge < -0.3 is 19.5 Å². The highest BCUT2D eigenvalue weighted by molar-refractivity contribution is 5.48. The van der Waals surface area contributed by atoms with Gasteiger partial charge in [-0.05, 0) is 24.7 Å². The third-order valence-corrected chi connectivity index (χ3v) is 3.02. The molecule has 0 aliphatic carbocycles. The van der Waals surface area contributed by atoms with Gasteiger partial charge in [-0.3, -0.25) is 0 Å². The Balaban J connectivity index is 1.83. The van der Waals surface area contributed by atoms with E-state index in [0.29, 0.717) is 35.2 Å². The standard InChI is InChI=1S/C15H15FN2O3/c1-2-17-7-10-5-11(16)8-18-15(10)21-12-3-4-13-14(6-12)20-9-19-13/h3-6,8,17H,2,7,9H2,1H3. The summed E-state index contributed by atoms with van der Waals surface area (Å²) in [4.78, 5) is 4.01. The number of aromatic nitrogens is 1. The van der Waals surface area contributed by atoms with Crippen LogP contribution >= 0.6 is 0 Å². The number of benzene rings is 1. The predicted octanol–water partition coefficient (Wildman–Crippen LogP) is 2.85. The molecule has 0 saturated carbocycles. The zero-order chi connectivity index (χ0) is 14.7. The van der Waals surface area contributed by atoms with E-state index in [0.717, 1.165) is 12.7 Å². The Morgan fingerprint density at radius 2 is 2.14 bits per heavy atom. The average molecular weight is 290 g/mol. The van der Waals surface area contributed by atoms with Gasteiger partial charge in [0.2, 0.25) is 12.7 Å². The molecule has 1 aliphatic rings. The van der Waals surface area contributed by atoms with E-state index in [1.807, 2.05) is 6.92 Å². The predicted molar refractivity (Wildman–Crippen MR) is 74.2 cm³/mol. The van der Waals surface area contributed by atoms with E-state index in [9.17, 15) is 4.39 Å². The number of rotatable bonds is 5. The Bertz CT molecular complexity index is 649. The SMILES string of the molecule is CCNCc1cc(F)cnc1Oc1ccc2c(c1)OCO2. The molecular weight excluding hydrogens is 275 g/mol. The van der Waals surface area contributed by atoms with Crippen LogP contribution in [-0.4, -0.2) is 18.3 Å². The number of nitrogens with zero attached hydrogens (tertiary/aromatic N) is 1. The summed E-state index contributed by atoms with van der Waals surface area (Å²) in [5.41, 5.74) is 0.662. The van der Waals surface area contributed by atoms with Crippen LogP contribution in [-0.2, 0) is 6.54 Å². The molecule has 3 rings (SSSR count). The second-order valence-electron chi connectivity index (χ2n) is 4.52. The fourth-order valence-electron chi connectivity index (χ4n) is 2.00. The molecule has 0 spiro atoms. The fourth-order valence-corrected chi connectivity index (χ4v) is 2.00. The topological polar surface area (TPSA) is 52.6 Å². The van der Waals surface area contributed by atoms with Crippen LogP contribution in [0.1, 0.15) is 12.5 Å². The summed E-state index contributed by atoms with van der Waals surface area (Å²) in [6.07, 6.45) is 1.14. The summed E-state index contributed by atoms with van der Waals surface area (Å²) < 4.78 is 29.6. The van der Waals surface area contributed by atoms with Crippen LogP contribution in [0.15, 0.2) is 30.5 Å². The molecular formula is C15H15FN2O3. The molecule has 21 heavy (non-hydrogen) atoms. The highest BCUT2D eigenvalue weighted by Gasteiger charge is 2.15. The molecule has 1 aromatic heterocycles. The molecule has 1 aliphatic heterocycles. The minimum atomic E-state index is -0.388. The van der Waals surface area contributed by atoms with Crippen LogP contribution in [0.3, 0.4) is 0 Å². The number of halogens is 1. The lowest BCUT2D eigenvalue weighted by Gasteiger charge is -2.11. The summed E-state index contributed by atoms with van der Waals surface area (Å²) in [6, 6.07) is 6.67. The summed E-state index contributed by atoms with van der Waals surface area (Å²) in [6.45, 7) is 3.45. The Hall–Kier alpha value is -2.34. The van der Waals surface area contributed by atoms with Crippen LogP contribution in [0.5, 0.6) is 23.1 Å². The molecule has 2 heterocycles. The second-order valence-corrected chi connectivity index (χ2v) is 4.52. The number of nitrogens with one attached hydrogen (secondary N) is 1. The van der Waals surface area contributed by atoms with E-state index >= 15 is 0 Å². The molecule has 110 valence electrons. The monoisotopic (exact) mass is 290 g/mol. The maximum absolute atomic E-state index is 13.3. The van der Waals surface area contributed by atoms with Crippen molar-refractivity contribution < 1.29 is 18.6 Å². The fraction of sp³-hybridized carbons (Fsp3) is 0.267. The molecule has 5 nitrogen and oxygen atoms in total. The minimum absolute atomic E-state index is 0.208. The van der Waals surface area contributed by atoms with Gasteiger partial charge in [-0.1, -0.05) is 6.92 Å². The van der Waals surface area contributed by atoms with Gasteiger partial charge in [-0.25, -0.2) is 9.37 Å². The number of hydrogen-bond donors (Lipinski definition) is 1. The van der Waals surface area contributed by atoms with Crippen molar-refractivity contribution in [1.82, 2.24) is 10.3 Å². The van der Waals surface area contributed by atoms with E-state index in [-0.39, 0.29) is 12.6 Å². The zero-order valence-corrected chi connectivity index (χ0v) is 11.6. The molecule has 0 amide bonds. The van der Waals surface area contributed by atoms with E-state index in [1.165, 1.54) is 6.07 Å². The Kier molecular flexibility index (Phi) is 3.87. The lowest BCUT2D eigenvalue weighted by atomic mass is 10.2. The molecule has 0 radical (unpaired) electrons. The number of hydrogen-bond acceptors (Lipinski definition) is 5. The van der Waals surface area contributed by atoms with E-state index in [4.69, 9.17) is 14.2 Å². The molecule has 0 bridgehead atoms. The lowest BCUT2D eigenvalue weighted by Crippen LogP contribution is -2.13. The van der Waals surface area contributed by atoms with Crippen LogP contribution in [0, 0.1) is 5.82 Å². The van der Waals surface area contributed by atoms with Gasteiger partial charge in [-0.2, -0.15) is 0 Å². The van der Waals surface area contributed by atoms with Crippen molar-refractivity contribution >= 4 is 0 Å². The molecule has 6 heteroatoms. The Labute approximate surface area is 121 Å². The smallest absolute Gasteiger partial charge is 0.231 e. The quantitative estimate of drug-likeness (QED) is 0.917. The Morgan fingerprint density at radius 1 is 1.29 bits per heavy atom. The van der Waals surface area contributed by atoms with Gasteiger partial charge in [0, 0.05) is 18.2 Å². The van der Waals surface area contributed by atoms with Crippen LogP contribution in [0.2, 0.25) is 0 Å². The molecule has 1 aromatic carbocycles. The summed E-state index contributed by atoms with van der Waals surface area (Å²) in [5, 5.41) is 3.13. The third-order valence-electron chi connectivity index (χ3n) is 3.02. The van der Waals surface area contributed by atoms with Crippen LogP contribution in [0.25, 0.3) is 0 Å². The van der Waals surface area contributed by atoms with Crippen molar-refractivity contribution in [3.8, 4) is 23.1 Å². The van der Waals surface area contributed by atoms with Crippen molar-refractivity contribution in [2.75, 3.05) is 13.3 Å². The molecule has 0 fully saturated rings. The van der Waals surface area contributed by atoms with Crippen molar-refractivity contribution in [2.45, 2.75) is 13.5 Å². The van der Waals surface area contributed by atoms with E-state index in [2.05, 4.69) is 10.3 Å². The minimum Gasteiger partial charge on any atom is -0.454 e. The van der Waals surface area contributed by atoms with Gasteiger partial charge >= 0.3 is 0 Å². The van der Waals surface area contributed by atoms with Crippen molar-refractivity contribution in [1.29, 1.82) is 0 Å². The van der Waals surface area contributed by atoms with Gasteiger partial charge in [0.1, 0.15) is 11.6 Å². The van der Waals surface area contributed by atoms with Gasteiger partial charge in [0.25, 0.3) is 0 Å². The maximum atomic E-state index is 13.3. The molecule has 0 atom stereocenters. The molecule has 1 N–H and O–H groups in total. The van der Waals surface area contributed by atoms with Crippen molar-refractivity contribution in [3.05, 3.63) is 41.8 Å². The third kappa shape index (κ3) is 3.05. The molecule has 0 unspecified atom stereocenters. The lowest BCUT2D eigenvalue weighted by molar-refractivity contribution is 0.174. The van der Waals surface area contributed by atoms with E-state index < -0.39 is 0 Å². The van der Waals surface area contributed by atoms with Gasteiger partial charge in [-0.15, -0.1) is 0 Å². The number of pyridine rings is 1. The van der Waals surface area contributed by atoms with Crippen molar-refractivity contribution in [2.24, 2.45) is 0 Å². The zero-order valence-electron chi connectivity index (χ0n) is 11.6. The van der Waals surface area contributed by atoms with Gasteiger partial charge in [0.15, 0.2) is 11.5 Å². The summed E-state index contributed by atoms with van der Waals surface area (Å²) >= 11 is 0. The first-order valence-electron chi connectivity index (χ1n) is 6.69. The largest absolute Gasteiger partial charge is 0.454 e. The van der Waals surface area contributed by atoms with E-state index in [1.54, 1.807) is 18.2 Å². The number of ether oxygens (including phenoxy) is 3. The van der Waals surface area contributed by atoms with Gasteiger partial charge in [0.05, 0.1) is 6.20 Å². The second kappa shape index (κ2) is 5.97. The molecule has 0 saturated heterocycles. The number of fused-ring (bicyclic) bond motifs is 1. The first kappa shape index (κ1) is 13.6. The highest BCUT2D eigenvalue weighted by atomic mass is 19.1. The van der Waals surface area contributed by atoms with Crippen LogP contribution < -0.4 is 19.5 Å². The van der Waals surface area contributed by atoms with Crippen molar-refractivity contribution in [3.63, 3.8) is 0 Å². The first-order valence-corrected chi connectivity index (χ1v) is 6.69. The highest BCUT2D eigenvalue weighted by Crippen LogP contribution is 2.36. The average Bonchev–Trinajstić information content (AvgIpc) is 2.95. The summed E-state index contributed by atoms with van der Waals surface area (Å²) in [5.74, 6) is 1.86. The van der Waals surface area contributed by atoms with Crippen LogP contribution in [0.4, 0.5) is 4.39 Å². The normalized spacial score (nSPS) is 12.5. The first-order chi connectivity index (χ1) is 10.3. The molecule has 2 aromatic rings. The summed E-state index contributed by atoms with van der Waals surface area (Å²) in [7, 11) is 0.